The van der Waals surface area contributed by atoms with E-state index in [9.17, 15) is 0 Å². The molecule has 0 atom stereocenters. The summed E-state index contributed by atoms with van der Waals surface area (Å²) in [5.41, 5.74) is 5.24. The van der Waals surface area contributed by atoms with Crippen LogP contribution in [0.5, 0.6) is 0 Å². The molecule has 26 heavy (non-hydrogen) atoms. The fraction of sp³-hybridized carbons (Fsp3) is 0.474. The van der Waals surface area contributed by atoms with Crippen molar-refractivity contribution >= 4 is 34.7 Å². The molecule has 0 saturated carbocycles. The number of benzene rings is 1. The monoisotopic (exact) mass is 391 g/mol. The van der Waals surface area contributed by atoms with E-state index < -0.39 is 0 Å². The molecule has 7 heteroatoms. The third-order valence-electron chi connectivity index (χ3n) is 5.65. The average Bonchev–Trinajstić information content (AvgIpc) is 3.28. The van der Waals surface area contributed by atoms with Crippen LogP contribution in [-0.4, -0.2) is 36.8 Å². The first kappa shape index (κ1) is 16.8. The average molecular weight is 392 g/mol. The molecule has 0 aromatic heterocycles. The van der Waals surface area contributed by atoms with Crippen LogP contribution in [0, 0.1) is 0 Å². The molecule has 0 spiro atoms. The molecule has 0 bridgehead atoms. The Labute approximate surface area is 163 Å². The van der Waals surface area contributed by atoms with Gasteiger partial charge in [0.25, 0.3) is 0 Å². The molecular formula is C19H23Cl2N5. The maximum atomic E-state index is 6.37. The van der Waals surface area contributed by atoms with Crippen molar-refractivity contribution in [1.82, 2.24) is 15.2 Å². The smallest absolute Gasteiger partial charge is 0.137 e. The lowest BCUT2D eigenvalue weighted by atomic mass is 10.1. The van der Waals surface area contributed by atoms with Gasteiger partial charge in [-0.25, -0.2) is 0 Å². The normalized spacial score (nSPS) is 18.6. The van der Waals surface area contributed by atoms with Crippen LogP contribution in [0.15, 0.2) is 18.2 Å². The standard InChI is InChI=1S/C19H23Cl2N5/c20-13-1-2-15(21)12(9-13)11-25-8-7-23-19-18(25)17-16(26(17)19)10-24-14-3-5-22-6-4-14/h1-2,9,14,22-24H,3-8,10-11H2. The maximum Gasteiger partial charge on any atom is 0.137 e. The second-order valence-corrected chi connectivity index (χ2v) is 8.16. The number of anilines is 2. The predicted octanol–water partition coefficient (Wildman–Crippen LogP) is 3.37. The number of halogens is 2. The van der Waals surface area contributed by atoms with Crippen LogP contribution in [0.3, 0.4) is 0 Å². The van der Waals surface area contributed by atoms with E-state index in [1.165, 1.54) is 35.7 Å². The van der Waals surface area contributed by atoms with Gasteiger partial charge in [-0.05, 0) is 49.7 Å². The van der Waals surface area contributed by atoms with Crippen molar-refractivity contribution in [3.8, 4) is 5.69 Å². The van der Waals surface area contributed by atoms with Crippen LogP contribution in [0.4, 0.5) is 11.5 Å². The number of nitrogens with zero attached hydrogens (tertiary/aromatic N) is 2. The first-order valence-corrected chi connectivity index (χ1v) is 10.1. The van der Waals surface area contributed by atoms with Crippen LogP contribution in [0.1, 0.15) is 24.1 Å². The summed E-state index contributed by atoms with van der Waals surface area (Å²) in [6.07, 6.45) is 2.43. The van der Waals surface area contributed by atoms with Crippen molar-refractivity contribution in [2.45, 2.75) is 32.0 Å². The summed E-state index contributed by atoms with van der Waals surface area (Å²) in [5, 5.41) is 12.2. The van der Waals surface area contributed by atoms with Gasteiger partial charge in [0, 0.05) is 42.3 Å². The van der Waals surface area contributed by atoms with Gasteiger partial charge in [-0.3, -0.25) is 4.57 Å². The van der Waals surface area contributed by atoms with E-state index in [0.717, 1.165) is 54.9 Å². The zero-order valence-electron chi connectivity index (χ0n) is 14.6. The van der Waals surface area contributed by atoms with Gasteiger partial charge in [0.2, 0.25) is 0 Å². The van der Waals surface area contributed by atoms with Crippen molar-refractivity contribution in [3.63, 3.8) is 0 Å². The van der Waals surface area contributed by atoms with Crippen LogP contribution in [0.2, 0.25) is 10.0 Å². The summed E-state index contributed by atoms with van der Waals surface area (Å²) < 4.78 is 2.36. The third kappa shape index (κ3) is 2.87. The number of aromatic nitrogens is 1. The van der Waals surface area contributed by atoms with E-state index in [-0.39, 0.29) is 0 Å². The minimum Gasteiger partial charge on any atom is -0.368 e. The van der Waals surface area contributed by atoms with Gasteiger partial charge in [-0.15, -0.1) is 0 Å². The summed E-state index contributed by atoms with van der Waals surface area (Å²) in [6, 6.07) is 6.34. The molecule has 1 aromatic carbocycles. The Morgan fingerprint density at radius 3 is 2.81 bits per heavy atom. The topological polar surface area (TPSA) is 44.3 Å². The highest BCUT2D eigenvalue weighted by Gasteiger charge is 2.42. The first-order chi connectivity index (χ1) is 12.7. The number of hydrogen-bond acceptors (Lipinski definition) is 4. The number of nitrogens with one attached hydrogen (secondary N) is 3. The van der Waals surface area contributed by atoms with Crippen molar-refractivity contribution in [1.29, 1.82) is 0 Å². The highest BCUT2D eigenvalue weighted by molar-refractivity contribution is 6.33. The molecule has 4 aliphatic heterocycles. The lowest BCUT2D eigenvalue weighted by molar-refractivity contribution is 0.387. The molecule has 5 rings (SSSR count). The van der Waals surface area contributed by atoms with Crippen molar-refractivity contribution < 1.29 is 0 Å². The molecule has 3 N–H and O–H groups in total. The molecule has 0 radical (unpaired) electrons. The quantitative estimate of drug-likeness (QED) is 0.623. The highest BCUT2D eigenvalue weighted by Crippen LogP contribution is 2.54. The Morgan fingerprint density at radius 2 is 1.96 bits per heavy atom. The number of piperidine rings is 1. The fourth-order valence-corrected chi connectivity index (χ4v) is 4.57. The second kappa shape index (κ2) is 6.64. The number of fused-ring (bicyclic) bond motifs is 4. The molecule has 0 unspecified atom stereocenters. The lowest BCUT2D eigenvalue weighted by Gasteiger charge is -2.35. The third-order valence-corrected chi connectivity index (χ3v) is 6.25. The summed E-state index contributed by atoms with van der Waals surface area (Å²) in [7, 11) is 0. The molecule has 1 saturated heterocycles. The van der Waals surface area contributed by atoms with Crippen LogP contribution in [0.25, 0.3) is 5.69 Å². The van der Waals surface area contributed by atoms with Gasteiger partial charge < -0.3 is 20.9 Å². The fourth-order valence-electron chi connectivity index (χ4n) is 4.20. The maximum absolute atomic E-state index is 6.37. The lowest BCUT2D eigenvalue weighted by Crippen LogP contribution is -2.39. The van der Waals surface area contributed by atoms with E-state index >= 15 is 0 Å². The Morgan fingerprint density at radius 1 is 1.12 bits per heavy atom. The summed E-state index contributed by atoms with van der Waals surface area (Å²) in [6.45, 7) is 5.94. The van der Waals surface area contributed by atoms with Gasteiger partial charge in [0.15, 0.2) is 0 Å². The Bertz CT molecular complexity index is 841. The minimum absolute atomic E-state index is 0.636. The molecule has 1 aromatic rings. The minimum atomic E-state index is 0.636. The van der Waals surface area contributed by atoms with Crippen molar-refractivity contribution in [2.24, 2.45) is 0 Å². The van der Waals surface area contributed by atoms with E-state index in [4.69, 9.17) is 23.2 Å². The van der Waals surface area contributed by atoms with Crippen LogP contribution < -0.4 is 20.9 Å². The van der Waals surface area contributed by atoms with E-state index in [1.807, 2.05) is 18.2 Å². The molecule has 138 valence electrons. The zero-order valence-corrected chi connectivity index (χ0v) is 16.1. The highest BCUT2D eigenvalue weighted by atomic mass is 35.5. The summed E-state index contributed by atoms with van der Waals surface area (Å²) >= 11 is 12.5. The largest absolute Gasteiger partial charge is 0.368 e. The molecule has 4 heterocycles. The van der Waals surface area contributed by atoms with Gasteiger partial charge in [0.1, 0.15) is 11.5 Å². The molecule has 4 aliphatic rings. The van der Waals surface area contributed by atoms with Gasteiger partial charge in [0.05, 0.1) is 11.4 Å². The van der Waals surface area contributed by atoms with E-state index in [2.05, 4.69) is 25.4 Å². The molecule has 5 nitrogen and oxygen atoms in total. The van der Waals surface area contributed by atoms with E-state index in [1.54, 1.807) is 0 Å². The second-order valence-electron chi connectivity index (χ2n) is 7.32. The first-order valence-electron chi connectivity index (χ1n) is 9.37. The predicted molar refractivity (Wildman–Crippen MR) is 108 cm³/mol. The van der Waals surface area contributed by atoms with Gasteiger partial charge in [-0.1, -0.05) is 23.2 Å². The van der Waals surface area contributed by atoms with Gasteiger partial charge in [-0.2, -0.15) is 0 Å². The number of hydrogen-bond donors (Lipinski definition) is 3. The Balaban J connectivity index is 1.31. The molecule has 1 fully saturated rings. The Hall–Kier alpha value is -1.40. The van der Waals surface area contributed by atoms with Gasteiger partial charge >= 0.3 is 0 Å². The zero-order chi connectivity index (χ0) is 17.7. The van der Waals surface area contributed by atoms with Crippen molar-refractivity contribution in [3.05, 3.63) is 39.5 Å². The summed E-state index contributed by atoms with van der Waals surface area (Å²) in [4.78, 5) is 2.42. The molecule has 0 aliphatic carbocycles. The molecule has 0 amide bonds. The van der Waals surface area contributed by atoms with Crippen LogP contribution >= 0.6 is 23.2 Å². The van der Waals surface area contributed by atoms with Crippen molar-refractivity contribution in [2.75, 3.05) is 36.4 Å². The van der Waals surface area contributed by atoms with Crippen LogP contribution in [-0.2, 0) is 13.1 Å². The van der Waals surface area contributed by atoms with E-state index in [0.29, 0.717) is 6.04 Å². The SMILES string of the molecule is Clc1ccc(Cl)c(CN2CCNc3c2c2c(CNC4CCNCC4)n3-2)c1. The number of rotatable bonds is 5. The molecular weight excluding hydrogens is 369 g/mol. The Kier molecular flexibility index (Phi) is 4.28. The summed E-state index contributed by atoms with van der Waals surface area (Å²) in [5.74, 6) is 1.26.